The fourth-order valence-corrected chi connectivity index (χ4v) is 2.90. The van der Waals surface area contributed by atoms with Gasteiger partial charge in [0.1, 0.15) is 6.04 Å². The van der Waals surface area contributed by atoms with Crippen molar-refractivity contribution in [2.75, 3.05) is 13.2 Å². The van der Waals surface area contributed by atoms with E-state index in [0.717, 1.165) is 0 Å². The topological polar surface area (TPSA) is 82.1 Å². The number of carbonyl (C=O) groups excluding carboxylic acids is 3. The summed E-state index contributed by atoms with van der Waals surface area (Å²) in [6.45, 7) is 5.30. The van der Waals surface area contributed by atoms with Gasteiger partial charge in [0.05, 0.1) is 13.2 Å². The standard InChI is InChI=1S/C15H21NO6/c1-4-20-14(18)11-8-10-6-7-12(15(19)21-5-2)22-13(10)16(11)9(3)17/h7,10-11,13H,4-6,8H2,1-3H3/t10-,11-,13+/m1/s1. The van der Waals surface area contributed by atoms with Gasteiger partial charge < -0.3 is 14.2 Å². The number of ether oxygens (including phenoxy) is 3. The minimum atomic E-state index is -0.664. The minimum Gasteiger partial charge on any atom is -0.464 e. The van der Waals surface area contributed by atoms with Gasteiger partial charge in [-0.3, -0.25) is 9.69 Å². The van der Waals surface area contributed by atoms with Crippen LogP contribution in [-0.4, -0.2) is 48.2 Å². The summed E-state index contributed by atoms with van der Waals surface area (Å²) in [5.74, 6) is -1.21. The molecule has 2 aliphatic heterocycles. The van der Waals surface area contributed by atoms with E-state index in [1.165, 1.54) is 11.8 Å². The Morgan fingerprint density at radius 3 is 2.55 bits per heavy atom. The van der Waals surface area contributed by atoms with E-state index in [4.69, 9.17) is 14.2 Å². The van der Waals surface area contributed by atoms with E-state index >= 15 is 0 Å². The largest absolute Gasteiger partial charge is 0.464 e. The van der Waals surface area contributed by atoms with E-state index in [1.807, 2.05) is 0 Å². The molecule has 1 fully saturated rings. The molecule has 7 nitrogen and oxygen atoms in total. The summed E-state index contributed by atoms with van der Waals surface area (Å²) >= 11 is 0. The first-order chi connectivity index (χ1) is 10.5. The average Bonchev–Trinajstić information content (AvgIpc) is 2.86. The first-order valence-corrected chi connectivity index (χ1v) is 7.49. The molecule has 0 aromatic rings. The summed E-state index contributed by atoms with van der Waals surface area (Å²) in [6, 6.07) is -0.664. The molecular weight excluding hydrogens is 290 g/mol. The lowest BCUT2D eigenvalue weighted by atomic mass is 9.98. The molecule has 0 spiro atoms. The second-order valence-electron chi connectivity index (χ2n) is 5.22. The monoisotopic (exact) mass is 311 g/mol. The highest BCUT2D eigenvalue weighted by Gasteiger charge is 2.49. The van der Waals surface area contributed by atoms with Gasteiger partial charge in [0.15, 0.2) is 6.23 Å². The normalized spacial score (nSPS) is 26.6. The van der Waals surface area contributed by atoms with Crippen LogP contribution in [0.15, 0.2) is 11.8 Å². The highest BCUT2D eigenvalue weighted by atomic mass is 16.6. The van der Waals surface area contributed by atoms with Crippen LogP contribution in [0.4, 0.5) is 0 Å². The molecule has 22 heavy (non-hydrogen) atoms. The van der Waals surface area contributed by atoms with Gasteiger partial charge in [-0.2, -0.15) is 0 Å². The van der Waals surface area contributed by atoms with E-state index in [9.17, 15) is 14.4 Å². The molecule has 0 aromatic heterocycles. The molecule has 1 amide bonds. The van der Waals surface area contributed by atoms with Crippen molar-refractivity contribution in [3.8, 4) is 0 Å². The van der Waals surface area contributed by atoms with Crippen molar-refractivity contribution in [2.45, 2.75) is 45.9 Å². The number of fused-ring (bicyclic) bond motifs is 1. The third kappa shape index (κ3) is 3.08. The van der Waals surface area contributed by atoms with Gasteiger partial charge in [-0.25, -0.2) is 9.59 Å². The van der Waals surface area contributed by atoms with Crippen LogP contribution in [0.3, 0.4) is 0 Å². The number of esters is 2. The predicted octanol–water partition coefficient (Wildman–Crippen LogP) is 0.980. The maximum Gasteiger partial charge on any atom is 0.373 e. The number of carbonyl (C=O) groups is 3. The molecule has 2 rings (SSSR count). The molecular formula is C15H21NO6. The Kier molecular flexibility index (Phi) is 5.05. The summed E-state index contributed by atoms with van der Waals surface area (Å²) in [4.78, 5) is 37.1. The molecule has 2 aliphatic rings. The van der Waals surface area contributed by atoms with Crippen LogP contribution in [0, 0.1) is 5.92 Å². The maximum absolute atomic E-state index is 12.0. The van der Waals surface area contributed by atoms with Gasteiger partial charge in [0, 0.05) is 12.8 Å². The summed E-state index contributed by atoms with van der Waals surface area (Å²) in [6.07, 6.45) is 2.05. The van der Waals surface area contributed by atoms with Crippen molar-refractivity contribution in [2.24, 2.45) is 5.92 Å². The number of hydrogen-bond donors (Lipinski definition) is 0. The molecule has 1 saturated heterocycles. The molecule has 0 aromatic carbocycles. The Labute approximate surface area is 129 Å². The third-order valence-corrected chi connectivity index (χ3v) is 3.79. The number of hydrogen-bond acceptors (Lipinski definition) is 6. The average molecular weight is 311 g/mol. The summed E-state index contributed by atoms with van der Waals surface area (Å²) in [5.41, 5.74) is 0. The Morgan fingerprint density at radius 2 is 1.95 bits per heavy atom. The predicted molar refractivity (Wildman–Crippen MR) is 75.3 cm³/mol. The van der Waals surface area contributed by atoms with Gasteiger partial charge in [-0.15, -0.1) is 0 Å². The lowest BCUT2D eigenvalue weighted by molar-refractivity contribution is -0.162. The number of amides is 1. The lowest BCUT2D eigenvalue weighted by Gasteiger charge is -2.32. The van der Waals surface area contributed by atoms with E-state index < -0.39 is 24.2 Å². The number of likely N-dealkylation sites (tertiary alicyclic amines) is 1. The quantitative estimate of drug-likeness (QED) is 0.720. The Balaban J connectivity index is 2.16. The zero-order valence-corrected chi connectivity index (χ0v) is 13.0. The zero-order valence-electron chi connectivity index (χ0n) is 13.0. The van der Waals surface area contributed by atoms with Gasteiger partial charge in [-0.05, 0) is 32.8 Å². The second kappa shape index (κ2) is 6.81. The Morgan fingerprint density at radius 1 is 1.27 bits per heavy atom. The first kappa shape index (κ1) is 16.3. The van der Waals surface area contributed by atoms with Crippen LogP contribution in [0.25, 0.3) is 0 Å². The van der Waals surface area contributed by atoms with E-state index in [-0.39, 0.29) is 30.8 Å². The lowest BCUT2D eigenvalue weighted by Crippen LogP contribution is -2.47. The summed E-state index contributed by atoms with van der Waals surface area (Å²) in [5, 5.41) is 0. The molecule has 2 heterocycles. The highest BCUT2D eigenvalue weighted by molar-refractivity contribution is 5.87. The van der Waals surface area contributed by atoms with Gasteiger partial charge in [-0.1, -0.05) is 0 Å². The SMILES string of the molecule is CCOC(=O)C1=CC[C@@H]2C[C@H](C(=O)OCC)N(C(C)=O)[C@H]2O1. The van der Waals surface area contributed by atoms with Crippen LogP contribution in [-0.2, 0) is 28.6 Å². The van der Waals surface area contributed by atoms with E-state index in [2.05, 4.69) is 0 Å². The fraction of sp³-hybridized carbons (Fsp3) is 0.667. The number of rotatable bonds is 4. The Hall–Kier alpha value is -2.05. The van der Waals surface area contributed by atoms with Crippen LogP contribution in [0.2, 0.25) is 0 Å². The van der Waals surface area contributed by atoms with Gasteiger partial charge >= 0.3 is 11.9 Å². The summed E-state index contributed by atoms with van der Waals surface area (Å²) in [7, 11) is 0. The van der Waals surface area contributed by atoms with Crippen LogP contribution in [0.5, 0.6) is 0 Å². The van der Waals surface area contributed by atoms with Gasteiger partial charge in [0.25, 0.3) is 0 Å². The number of nitrogens with zero attached hydrogens (tertiary/aromatic N) is 1. The molecule has 3 atom stereocenters. The zero-order chi connectivity index (χ0) is 16.3. The molecule has 0 unspecified atom stereocenters. The van der Waals surface area contributed by atoms with Crippen LogP contribution < -0.4 is 0 Å². The van der Waals surface area contributed by atoms with Crippen LogP contribution in [0.1, 0.15) is 33.6 Å². The van der Waals surface area contributed by atoms with Crippen molar-refractivity contribution < 1.29 is 28.6 Å². The van der Waals surface area contributed by atoms with E-state index in [1.54, 1.807) is 19.9 Å². The molecule has 0 bridgehead atoms. The van der Waals surface area contributed by atoms with Crippen molar-refractivity contribution in [1.82, 2.24) is 4.90 Å². The van der Waals surface area contributed by atoms with Gasteiger partial charge in [0.2, 0.25) is 11.7 Å². The molecule has 122 valence electrons. The fourth-order valence-electron chi connectivity index (χ4n) is 2.90. The molecule has 0 saturated carbocycles. The molecule has 7 heteroatoms. The molecule has 0 N–H and O–H groups in total. The van der Waals surface area contributed by atoms with Crippen molar-refractivity contribution in [3.05, 3.63) is 11.8 Å². The highest BCUT2D eigenvalue weighted by Crippen LogP contribution is 2.38. The minimum absolute atomic E-state index is 0.0310. The molecule has 0 aliphatic carbocycles. The second-order valence-corrected chi connectivity index (χ2v) is 5.22. The van der Waals surface area contributed by atoms with Crippen molar-refractivity contribution in [1.29, 1.82) is 0 Å². The molecule has 0 radical (unpaired) electrons. The summed E-state index contributed by atoms with van der Waals surface area (Å²) < 4.78 is 15.6. The first-order valence-electron chi connectivity index (χ1n) is 7.49. The maximum atomic E-state index is 12.0. The third-order valence-electron chi connectivity index (χ3n) is 3.79. The van der Waals surface area contributed by atoms with E-state index in [0.29, 0.717) is 12.8 Å². The number of allylic oxidation sites excluding steroid dienone is 1. The Bertz CT molecular complexity index is 500. The van der Waals surface area contributed by atoms with Crippen LogP contribution >= 0.6 is 0 Å². The van der Waals surface area contributed by atoms with Crippen molar-refractivity contribution >= 4 is 17.8 Å². The smallest absolute Gasteiger partial charge is 0.373 e. The van der Waals surface area contributed by atoms with Crippen molar-refractivity contribution in [3.63, 3.8) is 0 Å².